The number of aromatic nitrogens is 3. The van der Waals surface area contributed by atoms with Crippen LogP contribution in [0.2, 0.25) is 0 Å². The lowest BCUT2D eigenvalue weighted by atomic mass is 10.3. The summed E-state index contributed by atoms with van der Waals surface area (Å²) < 4.78 is 1.79. The minimum Gasteiger partial charge on any atom is -0.298 e. The molecular formula is C18H20N4OS. The second kappa shape index (κ2) is 6.45. The molecule has 4 rings (SSSR count). The van der Waals surface area contributed by atoms with Gasteiger partial charge < -0.3 is 0 Å². The molecule has 1 aliphatic heterocycles. The number of benzene rings is 1. The van der Waals surface area contributed by atoms with E-state index in [0.29, 0.717) is 12.2 Å². The van der Waals surface area contributed by atoms with E-state index in [1.807, 2.05) is 24.3 Å². The lowest BCUT2D eigenvalue weighted by Gasteiger charge is -2.12. The van der Waals surface area contributed by atoms with Gasteiger partial charge in [-0.1, -0.05) is 12.1 Å². The third-order valence-corrected chi connectivity index (χ3v) is 5.37. The fourth-order valence-electron chi connectivity index (χ4n) is 3.28. The second-order valence-electron chi connectivity index (χ2n) is 6.29. The van der Waals surface area contributed by atoms with Crippen LogP contribution in [0.3, 0.4) is 0 Å². The molecule has 0 unspecified atom stereocenters. The molecule has 0 saturated carbocycles. The first kappa shape index (κ1) is 15.5. The van der Waals surface area contributed by atoms with E-state index in [1.54, 1.807) is 22.8 Å². The molecule has 124 valence electrons. The lowest BCUT2D eigenvalue weighted by molar-refractivity contribution is 0.327. The highest BCUT2D eigenvalue weighted by molar-refractivity contribution is 7.09. The molecule has 0 bridgehead atoms. The van der Waals surface area contributed by atoms with Crippen molar-refractivity contribution in [3.63, 3.8) is 0 Å². The summed E-state index contributed by atoms with van der Waals surface area (Å²) >= 11 is 1.63. The van der Waals surface area contributed by atoms with Gasteiger partial charge in [0, 0.05) is 11.9 Å². The summed E-state index contributed by atoms with van der Waals surface area (Å²) in [6.07, 6.45) is 2.57. The van der Waals surface area contributed by atoms with Crippen molar-refractivity contribution in [3.05, 3.63) is 56.4 Å². The van der Waals surface area contributed by atoms with Gasteiger partial charge in [-0.2, -0.15) is 0 Å². The zero-order valence-corrected chi connectivity index (χ0v) is 14.6. The molecule has 1 fully saturated rings. The molecule has 5 nitrogen and oxygen atoms in total. The van der Waals surface area contributed by atoms with Crippen LogP contribution in [0.1, 0.15) is 29.2 Å². The van der Waals surface area contributed by atoms with Gasteiger partial charge >= 0.3 is 0 Å². The molecular weight excluding hydrogens is 320 g/mol. The predicted octanol–water partition coefficient (Wildman–Crippen LogP) is 2.81. The van der Waals surface area contributed by atoms with E-state index in [9.17, 15) is 4.79 Å². The van der Waals surface area contributed by atoms with Crippen LogP contribution >= 0.6 is 11.3 Å². The SMILES string of the molecule is Cc1nc2ccccc2n(Cc2nc(CN3CCCC3)cs2)c1=O. The van der Waals surface area contributed by atoms with Crippen LogP contribution < -0.4 is 5.56 Å². The molecule has 0 amide bonds. The van der Waals surface area contributed by atoms with Gasteiger partial charge in [-0.25, -0.2) is 9.97 Å². The average Bonchev–Trinajstić information content (AvgIpc) is 3.24. The van der Waals surface area contributed by atoms with Crippen molar-refractivity contribution in [2.24, 2.45) is 0 Å². The monoisotopic (exact) mass is 340 g/mol. The average molecular weight is 340 g/mol. The normalized spacial score (nSPS) is 15.4. The van der Waals surface area contributed by atoms with Crippen molar-refractivity contribution in [2.45, 2.75) is 32.9 Å². The van der Waals surface area contributed by atoms with Crippen molar-refractivity contribution in [3.8, 4) is 0 Å². The summed E-state index contributed by atoms with van der Waals surface area (Å²) in [4.78, 5) is 24.1. The molecule has 0 radical (unpaired) electrons. The van der Waals surface area contributed by atoms with Crippen LogP contribution in [0.25, 0.3) is 11.0 Å². The number of para-hydroxylation sites is 2. The van der Waals surface area contributed by atoms with E-state index in [4.69, 9.17) is 4.98 Å². The quantitative estimate of drug-likeness (QED) is 0.733. The van der Waals surface area contributed by atoms with Crippen LogP contribution in [0.4, 0.5) is 0 Å². The Morgan fingerprint density at radius 2 is 1.92 bits per heavy atom. The highest BCUT2D eigenvalue weighted by Crippen LogP contribution is 2.17. The molecule has 0 spiro atoms. The highest BCUT2D eigenvalue weighted by Gasteiger charge is 2.14. The summed E-state index contributed by atoms with van der Waals surface area (Å²) in [6, 6.07) is 7.78. The number of likely N-dealkylation sites (tertiary alicyclic amines) is 1. The van der Waals surface area contributed by atoms with Crippen molar-refractivity contribution in [1.82, 2.24) is 19.4 Å². The maximum atomic E-state index is 12.5. The molecule has 2 aromatic heterocycles. The zero-order chi connectivity index (χ0) is 16.5. The third-order valence-electron chi connectivity index (χ3n) is 4.49. The minimum atomic E-state index is -0.0370. The van der Waals surface area contributed by atoms with Crippen LogP contribution in [0.15, 0.2) is 34.4 Å². The van der Waals surface area contributed by atoms with E-state index >= 15 is 0 Å². The molecule has 3 heterocycles. The van der Waals surface area contributed by atoms with Gasteiger partial charge in [0.2, 0.25) is 0 Å². The Labute approximate surface area is 144 Å². The van der Waals surface area contributed by atoms with Gasteiger partial charge in [-0.3, -0.25) is 14.3 Å². The Balaban J connectivity index is 1.63. The lowest BCUT2D eigenvalue weighted by Crippen LogP contribution is -2.24. The number of nitrogens with zero attached hydrogens (tertiary/aromatic N) is 4. The maximum Gasteiger partial charge on any atom is 0.272 e. The molecule has 6 heteroatoms. The van der Waals surface area contributed by atoms with Crippen molar-refractivity contribution >= 4 is 22.4 Å². The molecule has 0 atom stereocenters. The topological polar surface area (TPSA) is 51.0 Å². The van der Waals surface area contributed by atoms with Crippen LogP contribution in [0.5, 0.6) is 0 Å². The number of hydrogen-bond donors (Lipinski definition) is 0. The van der Waals surface area contributed by atoms with E-state index in [2.05, 4.69) is 15.3 Å². The third kappa shape index (κ3) is 2.99. The molecule has 3 aromatic rings. The fourth-order valence-corrected chi connectivity index (χ4v) is 4.05. The Bertz CT molecular complexity index is 924. The molecule has 1 aliphatic rings. The number of rotatable bonds is 4. The minimum absolute atomic E-state index is 0.0370. The fraction of sp³-hybridized carbons (Fsp3) is 0.389. The Kier molecular flexibility index (Phi) is 4.16. The van der Waals surface area contributed by atoms with Gasteiger partial charge in [-0.15, -0.1) is 11.3 Å². The van der Waals surface area contributed by atoms with Crippen LogP contribution in [-0.2, 0) is 13.1 Å². The van der Waals surface area contributed by atoms with Gasteiger partial charge in [0.25, 0.3) is 5.56 Å². The number of thiazole rings is 1. The van der Waals surface area contributed by atoms with Crippen LogP contribution in [0, 0.1) is 6.92 Å². The number of hydrogen-bond acceptors (Lipinski definition) is 5. The van der Waals surface area contributed by atoms with E-state index in [-0.39, 0.29) is 5.56 Å². The highest BCUT2D eigenvalue weighted by atomic mass is 32.1. The summed E-state index contributed by atoms with van der Waals surface area (Å²) in [5.74, 6) is 0. The van der Waals surface area contributed by atoms with E-state index < -0.39 is 0 Å². The van der Waals surface area contributed by atoms with Crippen molar-refractivity contribution < 1.29 is 0 Å². The first-order valence-corrected chi connectivity index (χ1v) is 9.20. The Hall–Kier alpha value is -2.05. The van der Waals surface area contributed by atoms with Crippen LogP contribution in [-0.4, -0.2) is 32.5 Å². The maximum absolute atomic E-state index is 12.5. The summed E-state index contributed by atoms with van der Waals surface area (Å²) in [5, 5.41) is 3.09. The van der Waals surface area contributed by atoms with E-state index in [0.717, 1.165) is 28.3 Å². The van der Waals surface area contributed by atoms with Crippen molar-refractivity contribution in [2.75, 3.05) is 13.1 Å². The smallest absolute Gasteiger partial charge is 0.272 e. The van der Waals surface area contributed by atoms with E-state index in [1.165, 1.54) is 25.9 Å². The first-order chi connectivity index (χ1) is 11.7. The van der Waals surface area contributed by atoms with Gasteiger partial charge in [-0.05, 0) is 45.0 Å². The Morgan fingerprint density at radius 1 is 1.12 bits per heavy atom. The summed E-state index contributed by atoms with van der Waals surface area (Å²) in [5.41, 5.74) is 3.32. The largest absolute Gasteiger partial charge is 0.298 e. The number of aryl methyl sites for hydroxylation is 1. The molecule has 1 saturated heterocycles. The molecule has 0 aliphatic carbocycles. The summed E-state index contributed by atoms with van der Waals surface area (Å²) in [6.45, 7) is 5.53. The molecule has 0 N–H and O–H groups in total. The van der Waals surface area contributed by atoms with Crippen molar-refractivity contribution in [1.29, 1.82) is 0 Å². The molecule has 1 aromatic carbocycles. The standard InChI is InChI=1S/C18H20N4OS/c1-13-18(23)22(16-7-3-2-6-15(16)19-13)11-17-20-14(12-24-17)10-21-8-4-5-9-21/h2-3,6-7,12H,4-5,8-11H2,1H3. The predicted molar refractivity (Wildman–Crippen MR) is 96.5 cm³/mol. The zero-order valence-electron chi connectivity index (χ0n) is 13.7. The Morgan fingerprint density at radius 3 is 2.75 bits per heavy atom. The first-order valence-electron chi connectivity index (χ1n) is 8.32. The van der Waals surface area contributed by atoms with Gasteiger partial charge in [0.15, 0.2) is 0 Å². The molecule has 24 heavy (non-hydrogen) atoms. The number of fused-ring (bicyclic) bond motifs is 1. The summed E-state index contributed by atoms with van der Waals surface area (Å²) in [7, 11) is 0. The van der Waals surface area contributed by atoms with Gasteiger partial charge in [0.1, 0.15) is 10.7 Å². The second-order valence-corrected chi connectivity index (χ2v) is 7.24. The van der Waals surface area contributed by atoms with Gasteiger partial charge in [0.05, 0.1) is 23.3 Å².